The second-order valence-electron chi connectivity index (χ2n) is 11.8. The van der Waals surface area contributed by atoms with E-state index in [-0.39, 0.29) is 24.0 Å². The van der Waals surface area contributed by atoms with E-state index in [0.29, 0.717) is 24.2 Å². The molecule has 0 radical (unpaired) electrons. The molecular formula is C40H40N4O7. The van der Waals surface area contributed by atoms with Gasteiger partial charge in [-0.05, 0) is 78.0 Å². The highest BCUT2D eigenvalue weighted by Crippen LogP contribution is 2.38. The van der Waals surface area contributed by atoms with Gasteiger partial charge in [0.15, 0.2) is 0 Å². The SMILES string of the molecule is COc1ccc(C(N[C@H](CCCCN)C(=O)Nc2ccc(COC(=O)Oc3ccc([N+](=O)[O-])cc3)cc2)(c2ccccc2)c2ccccc2)cc1. The maximum Gasteiger partial charge on any atom is 0.514 e. The maximum atomic E-state index is 14.2. The van der Waals surface area contributed by atoms with Crippen molar-refractivity contribution >= 4 is 23.4 Å². The smallest absolute Gasteiger partial charge is 0.497 e. The van der Waals surface area contributed by atoms with Crippen LogP contribution in [0.2, 0.25) is 0 Å². The van der Waals surface area contributed by atoms with Crippen LogP contribution in [0.15, 0.2) is 133 Å². The minimum Gasteiger partial charge on any atom is -0.497 e. The van der Waals surface area contributed by atoms with Gasteiger partial charge in [-0.1, -0.05) is 91.3 Å². The minimum absolute atomic E-state index is 0.0815. The maximum absolute atomic E-state index is 14.2. The first-order valence-corrected chi connectivity index (χ1v) is 16.5. The number of methoxy groups -OCH3 is 1. The Morgan fingerprint density at radius 1 is 0.765 bits per heavy atom. The van der Waals surface area contributed by atoms with Gasteiger partial charge in [0.25, 0.3) is 5.69 Å². The number of nitrogens with two attached hydrogens (primary N) is 1. The van der Waals surface area contributed by atoms with Gasteiger partial charge in [0, 0.05) is 17.8 Å². The van der Waals surface area contributed by atoms with Crippen molar-refractivity contribution in [2.45, 2.75) is 37.5 Å². The average molecular weight is 689 g/mol. The number of carbonyl (C=O) groups excluding carboxylic acids is 2. The molecule has 0 aliphatic carbocycles. The van der Waals surface area contributed by atoms with Crippen LogP contribution < -0.4 is 25.8 Å². The van der Waals surface area contributed by atoms with Gasteiger partial charge < -0.3 is 25.3 Å². The monoisotopic (exact) mass is 688 g/mol. The Morgan fingerprint density at radius 3 is 1.88 bits per heavy atom. The summed E-state index contributed by atoms with van der Waals surface area (Å²) in [6.45, 7) is 0.433. The molecule has 11 heteroatoms. The number of anilines is 1. The lowest BCUT2D eigenvalue weighted by Crippen LogP contribution is -2.53. The first kappa shape index (κ1) is 36.2. The van der Waals surface area contributed by atoms with Gasteiger partial charge in [0.1, 0.15) is 18.1 Å². The lowest BCUT2D eigenvalue weighted by Gasteiger charge is -2.40. The Morgan fingerprint density at radius 2 is 1.33 bits per heavy atom. The molecule has 0 fully saturated rings. The third kappa shape index (κ3) is 9.35. The molecule has 0 heterocycles. The van der Waals surface area contributed by atoms with Crippen molar-refractivity contribution in [3.8, 4) is 11.5 Å². The Balaban J connectivity index is 1.35. The zero-order chi connectivity index (χ0) is 36.1. The summed E-state index contributed by atoms with van der Waals surface area (Å²) in [5.74, 6) is 0.627. The number of nitro groups is 1. The van der Waals surface area contributed by atoms with Crippen LogP contribution >= 0.6 is 0 Å². The van der Waals surface area contributed by atoms with Crippen LogP contribution in [0.5, 0.6) is 11.5 Å². The molecule has 0 saturated carbocycles. The lowest BCUT2D eigenvalue weighted by molar-refractivity contribution is -0.384. The number of rotatable bonds is 16. The van der Waals surface area contributed by atoms with E-state index < -0.39 is 22.7 Å². The number of nitrogens with one attached hydrogen (secondary N) is 2. The molecule has 0 saturated heterocycles. The largest absolute Gasteiger partial charge is 0.514 e. The molecule has 4 N–H and O–H groups in total. The molecule has 1 atom stereocenters. The van der Waals surface area contributed by atoms with E-state index in [0.717, 1.165) is 35.3 Å². The molecule has 5 aromatic carbocycles. The number of unbranched alkanes of at least 4 members (excludes halogenated alkanes) is 1. The van der Waals surface area contributed by atoms with Crippen LogP contribution in [0.25, 0.3) is 0 Å². The predicted molar refractivity (Wildman–Crippen MR) is 195 cm³/mol. The zero-order valence-electron chi connectivity index (χ0n) is 28.2. The summed E-state index contributed by atoms with van der Waals surface area (Å²) >= 11 is 0. The summed E-state index contributed by atoms with van der Waals surface area (Å²) in [5, 5.41) is 17.7. The van der Waals surface area contributed by atoms with Gasteiger partial charge >= 0.3 is 6.16 Å². The van der Waals surface area contributed by atoms with Gasteiger partial charge in [0.2, 0.25) is 5.91 Å². The van der Waals surface area contributed by atoms with Crippen LogP contribution in [0.4, 0.5) is 16.2 Å². The number of ether oxygens (including phenoxy) is 3. The summed E-state index contributed by atoms with van der Waals surface area (Å²) in [4.78, 5) is 36.7. The molecule has 0 aromatic heterocycles. The number of hydrogen-bond donors (Lipinski definition) is 3. The fourth-order valence-corrected chi connectivity index (χ4v) is 5.81. The van der Waals surface area contributed by atoms with E-state index in [4.69, 9.17) is 19.9 Å². The number of hydrogen-bond acceptors (Lipinski definition) is 9. The van der Waals surface area contributed by atoms with Crippen LogP contribution in [-0.2, 0) is 21.7 Å². The van der Waals surface area contributed by atoms with E-state index in [1.165, 1.54) is 24.3 Å². The van der Waals surface area contributed by atoms with Crippen molar-refractivity contribution in [3.63, 3.8) is 0 Å². The fourth-order valence-electron chi connectivity index (χ4n) is 5.81. The van der Waals surface area contributed by atoms with Gasteiger partial charge in [0.05, 0.1) is 23.6 Å². The van der Waals surface area contributed by atoms with Crippen molar-refractivity contribution in [2.24, 2.45) is 5.73 Å². The fraction of sp³-hybridized carbons (Fsp3) is 0.200. The normalized spacial score (nSPS) is 11.6. The van der Waals surface area contributed by atoms with Crippen molar-refractivity contribution in [3.05, 3.63) is 166 Å². The molecule has 0 aliphatic heterocycles. The van der Waals surface area contributed by atoms with Crippen molar-refractivity contribution < 1.29 is 28.7 Å². The zero-order valence-corrected chi connectivity index (χ0v) is 28.2. The number of carbonyl (C=O) groups is 2. The lowest BCUT2D eigenvalue weighted by atomic mass is 9.76. The summed E-state index contributed by atoms with van der Waals surface area (Å²) < 4.78 is 15.8. The van der Waals surface area contributed by atoms with Crippen LogP contribution in [-0.4, -0.2) is 36.7 Å². The molecule has 51 heavy (non-hydrogen) atoms. The summed E-state index contributed by atoms with van der Waals surface area (Å²) in [6.07, 6.45) is 1.07. The first-order valence-electron chi connectivity index (χ1n) is 16.5. The third-order valence-electron chi connectivity index (χ3n) is 8.42. The van der Waals surface area contributed by atoms with Crippen LogP contribution in [0.3, 0.4) is 0 Å². The highest BCUT2D eigenvalue weighted by Gasteiger charge is 2.39. The number of non-ortho nitro benzene ring substituents is 1. The quantitative estimate of drug-likeness (QED) is 0.0241. The standard InChI is InChI=1S/C40H40N4O7/c1-49-35-23-17-32(18-24-35)40(30-10-4-2-5-11-30,31-12-6-3-7-13-31)43-37(14-8-9-27-41)38(45)42-33-19-15-29(16-20-33)28-50-39(46)51-36-25-21-34(22-26-36)44(47)48/h2-7,10-13,15-26,37,43H,8-9,14,27-28,41H2,1H3,(H,42,45)/t37-/m1/s1. The Kier molecular flexibility index (Phi) is 12.5. The van der Waals surface area contributed by atoms with E-state index >= 15 is 0 Å². The first-order chi connectivity index (χ1) is 24.8. The highest BCUT2D eigenvalue weighted by atomic mass is 16.7. The summed E-state index contributed by atoms with van der Waals surface area (Å²) in [5.41, 5.74) is 8.94. The Hall–Kier alpha value is -6.04. The molecule has 0 unspecified atom stereocenters. The van der Waals surface area contributed by atoms with Gasteiger partial charge in [-0.15, -0.1) is 0 Å². The molecule has 1 amide bonds. The topological polar surface area (TPSA) is 155 Å². The van der Waals surface area contributed by atoms with Crippen molar-refractivity contribution in [1.82, 2.24) is 5.32 Å². The van der Waals surface area contributed by atoms with Crippen LogP contribution in [0, 0.1) is 10.1 Å². The van der Waals surface area contributed by atoms with E-state index in [2.05, 4.69) is 34.9 Å². The highest BCUT2D eigenvalue weighted by molar-refractivity contribution is 5.95. The molecule has 0 aliphatic rings. The molecule has 5 aromatic rings. The van der Waals surface area contributed by atoms with Gasteiger partial charge in [-0.3, -0.25) is 20.2 Å². The van der Waals surface area contributed by atoms with Crippen LogP contribution in [0.1, 0.15) is 41.5 Å². The molecule has 5 rings (SSSR count). The number of nitrogens with zero attached hydrogens (tertiary/aromatic N) is 1. The Bertz CT molecular complexity index is 1830. The minimum atomic E-state index is -0.954. The van der Waals surface area contributed by atoms with Crippen molar-refractivity contribution in [1.29, 1.82) is 0 Å². The average Bonchev–Trinajstić information content (AvgIpc) is 3.17. The van der Waals surface area contributed by atoms with Gasteiger partial charge in [-0.2, -0.15) is 0 Å². The molecular weight excluding hydrogens is 648 g/mol. The second kappa shape index (κ2) is 17.6. The number of amides is 1. The van der Waals surface area contributed by atoms with E-state index in [1.807, 2.05) is 60.7 Å². The molecule has 262 valence electrons. The summed E-state index contributed by atoms with van der Waals surface area (Å²) in [7, 11) is 1.63. The Labute approximate surface area is 296 Å². The van der Waals surface area contributed by atoms with Gasteiger partial charge in [-0.25, -0.2) is 4.79 Å². The number of benzene rings is 5. The second-order valence-corrected chi connectivity index (χ2v) is 11.8. The van der Waals surface area contributed by atoms with E-state index in [9.17, 15) is 19.7 Å². The van der Waals surface area contributed by atoms with Crippen molar-refractivity contribution in [2.75, 3.05) is 19.0 Å². The third-order valence-corrected chi connectivity index (χ3v) is 8.42. The summed E-state index contributed by atoms with van der Waals surface area (Å²) in [6, 6.07) is 39.4. The molecule has 11 nitrogen and oxygen atoms in total. The molecule has 0 bridgehead atoms. The van der Waals surface area contributed by atoms with E-state index in [1.54, 1.807) is 31.4 Å². The molecule has 0 spiro atoms. The predicted octanol–water partition coefficient (Wildman–Crippen LogP) is 7.34. The number of nitro benzene ring substituents is 1.